The van der Waals surface area contributed by atoms with Gasteiger partial charge < -0.3 is 19.4 Å². The molecular weight excluding hydrogens is 528 g/mol. The quantitative estimate of drug-likeness (QED) is 0.338. The summed E-state index contributed by atoms with van der Waals surface area (Å²) in [6.07, 6.45) is 0.880. The molecule has 40 heavy (non-hydrogen) atoms. The number of aromatic hydroxyl groups is 1. The van der Waals surface area contributed by atoms with Crippen molar-refractivity contribution in [3.63, 3.8) is 0 Å². The number of rotatable bonds is 8. The number of amides is 2. The average Bonchev–Trinajstić information content (AvgIpc) is 3.26. The van der Waals surface area contributed by atoms with Crippen LogP contribution >= 0.6 is 11.8 Å². The molecule has 1 fully saturated rings. The van der Waals surface area contributed by atoms with E-state index in [0.717, 1.165) is 39.6 Å². The minimum absolute atomic E-state index is 0.230. The summed E-state index contributed by atoms with van der Waals surface area (Å²) in [5.41, 5.74) is 4.95. The summed E-state index contributed by atoms with van der Waals surface area (Å²) in [5, 5.41) is 16.9. The summed E-state index contributed by atoms with van der Waals surface area (Å²) in [4.78, 5) is 29.1. The van der Waals surface area contributed by atoms with Crippen LogP contribution in [0.15, 0.2) is 59.8 Å². The number of fused-ring (bicyclic) bond motifs is 1. The van der Waals surface area contributed by atoms with E-state index in [1.54, 1.807) is 0 Å². The molecule has 0 radical (unpaired) electrons. The van der Waals surface area contributed by atoms with Crippen molar-refractivity contribution in [3.05, 3.63) is 88.0 Å². The number of phenolic OH excluding ortho intramolecular Hbond substituents is 1. The van der Waals surface area contributed by atoms with Crippen LogP contribution in [0.5, 0.6) is 17.2 Å². The number of hydrogen-bond acceptors (Lipinski definition) is 8. The Morgan fingerprint density at radius 1 is 1.02 bits per heavy atom. The molecule has 1 saturated heterocycles. The van der Waals surface area contributed by atoms with E-state index in [4.69, 9.17) is 14.3 Å². The van der Waals surface area contributed by atoms with Gasteiger partial charge in [0.25, 0.3) is 5.24 Å². The zero-order valence-corrected chi connectivity index (χ0v) is 23.8. The first-order valence-corrected chi connectivity index (χ1v) is 14.0. The second kappa shape index (κ2) is 11.3. The summed E-state index contributed by atoms with van der Waals surface area (Å²) in [7, 11) is 0. The van der Waals surface area contributed by atoms with E-state index in [0.29, 0.717) is 42.2 Å². The molecule has 2 heterocycles. The molecule has 0 bridgehead atoms. The minimum Gasteiger partial charge on any atom is -0.507 e. The Bertz CT molecular complexity index is 1470. The summed E-state index contributed by atoms with van der Waals surface area (Å²) in [5.74, 6) is 1.31. The number of benzene rings is 3. The predicted molar refractivity (Wildman–Crippen MR) is 154 cm³/mol. The lowest BCUT2D eigenvalue weighted by atomic mass is 9.86. The topological polar surface area (TPSA) is 106 Å². The zero-order chi connectivity index (χ0) is 28.4. The number of phenols is 1. The number of oxime groups is 1. The van der Waals surface area contributed by atoms with Crippen molar-refractivity contribution in [2.45, 2.75) is 58.0 Å². The predicted octanol–water partition coefficient (Wildman–Crippen LogP) is 5.75. The first kappa shape index (κ1) is 27.6. The number of ether oxygens (including phenoxy) is 2. The number of hydrogen-bond donors (Lipinski definition) is 2. The normalized spacial score (nSPS) is 21.1. The Kier molecular flexibility index (Phi) is 7.76. The third kappa shape index (κ3) is 5.79. The maximum absolute atomic E-state index is 11.9. The molecule has 2 atom stereocenters. The van der Waals surface area contributed by atoms with Gasteiger partial charge in [-0.3, -0.25) is 14.9 Å². The second-order valence-corrected chi connectivity index (χ2v) is 11.6. The lowest BCUT2D eigenvalue weighted by molar-refractivity contribution is -0.118. The van der Waals surface area contributed by atoms with Gasteiger partial charge in [0, 0.05) is 17.5 Å². The third-order valence-corrected chi connectivity index (χ3v) is 8.28. The van der Waals surface area contributed by atoms with E-state index < -0.39 is 10.9 Å². The highest BCUT2D eigenvalue weighted by Gasteiger charge is 2.40. The zero-order valence-electron chi connectivity index (χ0n) is 22.9. The molecule has 0 spiro atoms. The molecule has 2 aliphatic rings. The number of carbonyl (C=O) groups is 2. The van der Waals surface area contributed by atoms with E-state index in [1.807, 2.05) is 82.3 Å². The van der Waals surface area contributed by atoms with Crippen LogP contribution < -0.4 is 14.8 Å². The minimum atomic E-state index is -0.750. The van der Waals surface area contributed by atoms with Gasteiger partial charge in [-0.15, -0.1) is 0 Å². The monoisotopic (exact) mass is 560 g/mol. The Hall–Kier alpha value is -3.98. The summed E-state index contributed by atoms with van der Waals surface area (Å²) < 4.78 is 12.7. The van der Waals surface area contributed by atoms with Crippen molar-refractivity contribution in [3.8, 4) is 17.2 Å². The van der Waals surface area contributed by atoms with Crippen LogP contribution in [0.25, 0.3) is 0 Å². The lowest BCUT2D eigenvalue weighted by Gasteiger charge is -2.38. The van der Waals surface area contributed by atoms with Crippen LogP contribution in [0, 0.1) is 20.8 Å². The number of thioether (sulfide) groups is 1. The van der Waals surface area contributed by atoms with Crippen molar-refractivity contribution in [1.29, 1.82) is 0 Å². The number of carbonyl (C=O) groups excluding carboxylic acids is 2. The Labute approximate surface area is 237 Å². The van der Waals surface area contributed by atoms with E-state index >= 15 is 0 Å². The van der Waals surface area contributed by atoms with Gasteiger partial charge in [-0.25, -0.2) is 0 Å². The Balaban J connectivity index is 1.33. The molecule has 8 nitrogen and oxygen atoms in total. The van der Waals surface area contributed by atoms with Gasteiger partial charge in [-0.2, -0.15) is 0 Å². The van der Waals surface area contributed by atoms with Crippen molar-refractivity contribution in [2.75, 3.05) is 6.61 Å². The third-order valence-electron chi connectivity index (χ3n) is 7.30. The molecular formula is C31H32N2O6S. The fraction of sp³-hybridized carbons (Fsp3) is 0.323. The molecule has 0 aliphatic carbocycles. The van der Waals surface area contributed by atoms with Gasteiger partial charge in [0.2, 0.25) is 5.91 Å². The molecule has 2 amide bonds. The first-order chi connectivity index (χ1) is 19.1. The fourth-order valence-corrected chi connectivity index (χ4v) is 5.78. The first-order valence-electron chi connectivity index (χ1n) is 13.1. The molecule has 208 valence electrons. The second-order valence-electron chi connectivity index (χ2n) is 10.5. The van der Waals surface area contributed by atoms with Crippen molar-refractivity contribution < 1.29 is 29.0 Å². The molecule has 2 aliphatic heterocycles. The molecule has 0 aromatic heterocycles. The molecule has 3 aromatic rings. The van der Waals surface area contributed by atoms with Crippen LogP contribution in [0.3, 0.4) is 0 Å². The van der Waals surface area contributed by atoms with Crippen molar-refractivity contribution >= 4 is 28.6 Å². The van der Waals surface area contributed by atoms with Crippen LogP contribution in [-0.2, 0) is 22.7 Å². The van der Waals surface area contributed by atoms with Crippen LogP contribution in [-0.4, -0.2) is 39.4 Å². The molecule has 0 saturated carbocycles. The Morgan fingerprint density at radius 2 is 1.75 bits per heavy atom. The largest absolute Gasteiger partial charge is 0.507 e. The van der Waals surface area contributed by atoms with Crippen molar-refractivity contribution in [2.24, 2.45) is 5.16 Å². The molecule has 9 heteroatoms. The van der Waals surface area contributed by atoms with Gasteiger partial charge in [0.05, 0.1) is 11.0 Å². The van der Waals surface area contributed by atoms with Gasteiger partial charge in [0.1, 0.15) is 36.1 Å². The van der Waals surface area contributed by atoms with E-state index in [9.17, 15) is 14.7 Å². The fourth-order valence-electron chi connectivity index (χ4n) is 4.92. The van der Waals surface area contributed by atoms with Crippen molar-refractivity contribution in [1.82, 2.24) is 5.32 Å². The lowest BCUT2D eigenvalue weighted by Crippen LogP contribution is -2.45. The van der Waals surface area contributed by atoms with Gasteiger partial charge in [0.15, 0.2) is 0 Å². The van der Waals surface area contributed by atoms with Gasteiger partial charge in [-0.05, 0) is 68.5 Å². The van der Waals surface area contributed by atoms with E-state index in [1.165, 1.54) is 0 Å². The average molecular weight is 561 g/mol. The SMILES string of the molecule is Cc1c(C)c2c(c(C)c1O)/C(=N\OCc1ccccc1)CC(C)(COc1ccc(CC3SC(=O)NC3=O)cc1)O2. The summed E-state index contributed by atoms with van der Waals surface area (Å²) >= 11 is 1.02. The molecule has 5 rings (SSSR count). The van der Waals surface area contributed by atoms with Crippen LogP contribution in [0.4, 0.5) is 4.79 Å². The number of imide groups is 1. The highest BCUT2D eigenvalue weighted by atomic mass is 32.2. The van der Waals surface area contributed by atoms with E-state index in [-0.39, 0.29) is 23.5 Å². The molecule has 2 N–H and O–H groups in total. The maximum Gasteiger partial charge on any atom is 0.286 e. The number of nitrogens with zero attached hydrogens (tertiary/aromatic N) is 1. The highest BCUT2D eigenvalue weighted by Crippen LogP contribution is 2.43. The number of nitrogens with one attached hydrogen (secondary N) is 1. The highest BCUT2D eigenvalue weighted by molar-refractivity contribution is 8.15. The van der Waals surface area contributed by atoms with Gasteiger partial charge in [-0.1, -0.05) is 59.4 Å². The summed E-state index contributed by atoms with van der Waals surface area (Å²) in [6.45, 7) is 8.21. The molecule has 2 unspecified atom stereocenters. The smallest absolute Gasteiger partial charge is 0.286 e. The van der Waals surface area contributed by atoms with Crippen LogP contribution in [0.2, 0.25) is 0 Å². The standard InChI is InChI=1S/C31H32N2O6S/c1-18-19(2)28-26(20(3)27(18)34)24(33-38-16-22-8-6-5-7-9-22)15-31(4,39-28)17-37-23-12-10-21(11-13-23)14-25-29(35)32-30(36)40-25/h5-13,25,34H,14-17H2,1-4H3,(H,32,35,36)/b33-24-. The van der Waals surface area contributed by atoms with Gasteiger partial charge >= 0.3 is 0 Å². The maximum atomic E-state index is 11.9. The molecule has 3 aromatic carbocycles. The summed E-state index contributed by atoms with van der Waals surface area (Å²) in [6, 6.07) is 17.3. The van der Waals surface area contributed by atoms with E-state index in [2.05, 4.69) is 10.5 Å². The van der Waals surface area contributed by atoms with Crippen LogP contribution in [0.1, 0.15) is 46.7 Å². The Morgan fingerprint density at radius 3 is 2.42 bits per heavy atom.